The summed E-state index contributed by atoms with van der Waals surface area (Å²) in [6.07, 6.45) is 3.38. The number of aromatic nitrogens is 2. The van der Waals surface area contributed by atoms with Crippen molar-refractivity contribution in [3.8, 4) is 0 Å². The molecule has 1 rings (SSSR count). The Balaban J connectivity index is 2.82. The summed E-state index contributed by atoms with van der Waals surface area (Å²) in [6, 6.07) is 0. The van der Waals surface area contributed by atoms with Gasteiger partial charge in [0.2, 0.25) is 0 Å². The normalized spacial score (nSPS) is 15.5. The van der Waals surface area contributed by atoms with E-state index in [0.717, 1.165) is 0 Å². The fourth-order valence-corrected chi connectivity index (χ4v) is 1.14. The zero-order chi connectivity index (χ0) is 12.2. The van der Waals surface area contributed by atoms with Gasteiger partial charge < -0.3 is 16.3 Å². The molecule has 0 spiro atoms. The third-order valence-corrected chi connectivity index (χ3v) is 2.53. The van der Waals surface area contributed by atoms with E-state index in [9.17, 15) is 4.79 Å². The van der Waals surface area contributed by atoms with Crippen LogP contribution in [0.5, 0.6) is 0 Å². The second-order valence-corrected chi connectivity index (χ2v) is 3.61. The number of nitrogens with zero attached hydrogens (tertiary/aromatic N) is 2. The molecule has 0 saturated heterocycles. The number of carbonyl (C=O) groups is 1. The number of amidine groups is 1. The topological polar surface area (TPSA) is 116 Å². The van der Waals surface area contributed by atoms with Crippen LogP contribution in [0.15, 0.2) is 17.5 Å². The summed E-state index contributed by atoms with van der Waals surface area (Å²) in [4.78, 5) is 11.7. The third kappa shape index (κ3) is 2.30. The first-order valence-electron chi connectivity index (χ1n) is 4.82. The molecule has 1 atom stereocenters. The summed E-state index contributed by atoms with van der Waals surface area (Å²) in [6.45, 7) is 3.51. The van der Waals surface area contributed by atoms with Crippen molar-refractivity contribution in [2.45, 2.75) is 25.8 Å². The third-order valence-electron chi connectivity index (χ3n) is 2.53. The lowest BCUT2D eigenvalue weighted by Gasteiger charge is -2.27. The number of carbonyl (C=O) groups excluding carboxylic acids is 1. The van der Waals surface area contributed by atoms with E-state index < -0.39 is 5.54 Å². The van der Waals surface area contributed by atoms with E-state index in [0.29, 0.717) is 12.0 Å². The van der Waals surface area contributed by atoms with Gasteiger partial charge in [0.25, 0.3) is 5.91 Å². The molecular weight excluding hydrogens is 210 g/mol. The van der Waals surface area contributed by atoms with Gasteiger partial charge in [-0.05, 0) is 13.3 Å². The molecule has 0 radical (unpaired) electrons. The molecule has 7 nitrogen and oxygen atoms in total. The van der Waals surface area contributed by atoms with E-state index in [1.807, 2.05) is 6.92 Å². The van der Waals surface area contributed by atoms with Crippen LogP contribution in [-0.4, -0.2) is 32.7 Å². The Morgan fingerprint density at radius 2 is 2.50 bits per heavy atom. The monoisotopic (exact) mass is 225 g/mol. The molecule has 16 heavy (non-hydrogen) atoms. The van der Waals surface area contributed by atoms with Crippen molar-refractivity contribution in [3.05, 3.63) is 18.0 Å². The van der Waals surface area contributed by atoms with Crippen LogP contribution in [-0.2, 0) is 0 Å². The molecule has 0 bridgehead atoms. The highest BCUT2D eigenvalue weighted by molar-refractivity contribution is 5.99. The Morgan fingerprint density at radius 3 is 2.94 bits per heavy atom. The zero-order valence-electron chi connectivity index (χ0n) is 9.19. The molecule has 0 aliphatic heterocycles. The zero-order valence-corrected chi connectivity index (χ0v) is 9.19. The summed E-state index contributed by atoms with van der Waals surface area (Å²) >= 11 is 0. The van der Waals surface area contributed by atoms with Crippen LogP contribution in [0.3, 0.4) is 0 Å². The summed E-state index contributed by atoms with van der Waals surface area (Å²) < 4.78 is 0. The molecule has 0 aliphatic rings. The quantitative estimate of drug-likeness (QED) is 0.251. The molecule has 7 heteroatoms. The second-order valence-electron chi connectivity index (χ2n) is 3.61. The number of nitrogens with one attached hydrogen (secondary N) is 2. The highest BCUT2D eigenvalue weighted by Crippen LogP contribution is 2.10. The van der Waals surface area contributed by atoms with Gasteiger partial charge in [-0.15, -0.1) is 0 Å². The Bertz CT molecular complexity index is 387. The molecule has 0 saturated carbocycles. The number of aromatic amines is 1. The van der Waals surface area contributed by atoms with Crippen molar-refractivity contribution in [2.24, 2.45) is 10.9 Å². The standard InChI is InChI=1S/C9H15N5O2/c1-3-9(2,8(10)14-16)13-7(15)6-4-11-12-5-6/h4-5,16H,3H2,1-2H3,(H2,10,14)(H,11,12)(H,13,15). The summed E-state index contributed by atoms with van der Waals surface area (Å²) in [7, 11) is 0. The number of rotatable bonds is 4. The van der Waals surface area contributed by atoms with E-state index >= 15 is 0 Å². The summed E-state index contributed by atoms with van der Waals surface area (Å²) in [5.41, 5.74) is 5.05. The van der Waals surface area contributed by atoms with E-state index in [4.69, 9.17) is 10.9 Å². The van der Waals surface area contributed by atoms with Crippen LogP contribution in [0.25, 0.3) is 0 Å². The number of nitrogens with two attached hydrogens (primary N) is 1. The maximum atomic E-state index is 11.7. The fourth-order valence-electron chi connectivity index (χ4n) is 1.14. The number of amides is 1. The maximum absolute atomic E-state index is 11.7. The minimum atomic E-state index is -0.872. The van der Waals surface area contributed by atoms with Gasteiger partial charge >= 0.3 is 0 Å². The first-order valence-corrected chi connectivity index (χ1v) is 4.82. The highest BCUT2D eigenvalue weighted by atomic mass is 16.4. The Kier molecular flexibility index (Phi) is 3.49. The van der Waals surface area contributed by atoms with Gasteiger partial charge in [0.05, 0.1) is 17.3 Å². The SMILES string of the molecule is CCC(C)(NC(=O)c1cn[nH]c1)C(N)=NO. The van der Waals surface area contributed by atoms with Crippen molar-refractivity contribution < 1.29 is 10.0 Å². The lowest BCUT2D eigenvalue weighted by atomic mass is 9.97. The molecule has 0 aromatic carbocycles. The Labute approximate surface area is 92.7 Å². The maximum Gasteiger partial charge on any atom is 0.255 e. The number of oxime groups is 1. The number of hydrogen-bond donors (Lipinski definition) is 4. The molecule has 1 amide bonds. The molecule has 1 heterocycles. The van der Waals surface area contributed by atoms with Gasteiger partial charge in [0, 0.05) is 6.20 Å². The molecule has 1 aromatic heterocycles. The largest absolute Gasteiger partial charge is 0.409 e. The van der Waals surface area contributed by atoms with Crippen LogP contribution in [0.1, 0.15) is 30.6 Å². The van der Waals surface area contributed by atoms with Crippen LogP contribution < -0.4 is 11.1 Å². The molecular formula is C9H15N5O2. The van der Waals surface area contributed by atoms with E-state index in [2.05, 4.69) is 20.7 Å². The van der Waals surface area contributed by atoms with E-state index in [1.54, 1.807) is 6.92 Å². The van der Waals surface area contributed by atoms with Gasteiger partial charge in [-0.1, -0.05) is 12.1 Å². The van der Waals surface area contributed by atoms with Gasteiger partial charge in [-0.2, -0.15) is 5.10 Å². The van der Waals surface area contributed by atoms with Crippen molar-refractivity contribution in [1.29, 1.82) is 0 Å². The smallest absolute Gasteiger partial charge is 0.255 e. The lowest BCUT2D eigenvalue weighted by Crippen LogP contribution is -2.55. The average molecular weight is 225 g/mol. The summed E-state index contributed by atoms with van der Waals surface area (Å²) in [5.74, 6) is -0.364. The first-order chi connectivity index (χ1) is 7.53. The number of H-pyrrole nitrogens is 1. The number of hydrogen-bond acceptors (Lipinski definition) is 4. The van der Waals surface area contributed by atoms with Crippen LogP contribution >= 0.6 is 0 Å². The van der Waals surface area contributed by atoms with Gasteiger partial charge in [-0.25, -0.2) is 0 Å². The predicted molar refractivity (Wildman–Crippen MR) is 58.2 cm³/mol. The molecule has 0 aliphatic carbocycles. The van der Waals surface area contributed by atoms with Gasteiger partial charge in [0.1, 0.15) is 0 Å². The lowest BCUT2D eigenvalue weighted by molar-refractivity contribution is 0.0925. The van der Waals surface area contributed by atoms with Crippen molar-refractivity contribution in [3.63, 3.8) is 0 Å². The summed E-state index contributed by atoms with van der Waals surface area (Å²) in [5, 5.41) is 20.4. The van der Waals surface area contributed by atoms with Crippen molar-refractivity contribution >= 4 is 11.7 Å². The van der Waals surface area contributed by atoms with Gasteiger partial charge in [0.15, 0.2) is 5.84 Å². The minimum Gasteiger partial charge on any atom is -0.409 e. The Hall–Kier alpha value is -2.05. The Morgan fingerprint density at radius 1 is 1.81 bits per heavy atom. The first kappa shape index (κ1) is 12.0. The average Bonchev–Trinajstić information content (AvgIpc) is 2.81. The predicted octanol–water partition coefficient (Wildman–Crippen LogP) is 0.0546. The molecule has 1 unspecified atom stereocenters. The molecule has 5 N–H and O–H groups in total. The molecule has 0 fully saturated rings. The minimum absolute atomic E-state index is 0.0353. The van der Waals surface area contributed by atoms with Gasteiger partial charge in [-0.3, -0.25) is 9.89 Å². The molecule has 88 valence electrons. The highest BCUT2D eigenvalue weighted by Gasteiger charge is 2.30. The van der Waals surface area contributed by atoms with Crippen molar-refractivity contribution in [2.75, 3.05) is 0 Å². The fraction of sp³-hybridized carbons (Fsp3) is 0.444. The van der Waals surface area contributed by atoms with E-state index in [1.165, 1.54) is 12.4 Å². The van der Waals surface area contributed by atoms with Crippen LogP contribution in [0, 0.1) is 0 Å². The van der Waals surface area contributed by atoms with E-state index in [-0.39, 0.29) is 11.7 Å². The second kappa shape index (κ2) is 4.65. The molecule has 1 aromatic rings. The van der Waals surface area contributed by atoms with Crippen molar-refractivity contribution in [1.82, 2.24) is 15.5 Å². The van der Waals surface area contributed by atoms with Crippen LogP contribution in [0.4, 0.5) is 0 Å². The van der Waals surface area contributed by atoms with Crippen LogP contribution in [0.2, 0.25) is 0 Å².